The van der Waals surface area contributed by atoms with Crippen molar-refractivity contribution in [3.8, 4) is 0 Å². The zero-order valence-corrected chi connectivity index (χ0v) is 20.4. The van der Waals surface area contributed by atoms with E-state index in [1.165, 1.54) is 15.9 Å². The molecule has 0 saturated carbocycles. The second kappa shape index (κ2) is 10.5. The fraction of sp³-hybridized carbons (Fsp3) is 0.231. The van der Waals surface area contributed by atoms with E-state index in [0.717, 1.165) is 5.56 Å². The molecule has 1 atom stereocenters. The van der Waals surface area contributed by atoms with Crippen molar-refractivity contribution in [2.75, 3.05) is 18.5 Å². The van der Waals surface area contributed by atoms with Crippen LogP contribution >= 0.6 is 11.3 Å². The molecule has 0 saturated heterocycles. The first-order chi connectivity index (χ1) is 16.9. The molecule has 1 aromatic heterocycles. The highest BCUT2D eigenvalue weighted by molar-refractivity contribution is 7.07. The van der Waals surface area contributed by atoms with E-state index >= 15 is 0 Å². The monoisotopic (exact) mass is 491 g/mol. The normalized spacial score (nSPS) is 15.3. The number of carbonyl (C=O) groups is 2. The minimum Gasteiger partial charge on any atom is -0.463 e. The lowest BCUT2D eigenvalue weighted by Crippen LogP contribution is -2.40. The van der Waals surface area contributed by atoms with Crippen LogP contribution in [0.25, 0.3) is 6.20 Å². The third-order valence-electron chi connectivity index (χ3n) is 5.40. The van der Waals surface area contributed by atoms with E-state index < -0.39 is 12.0 Å². The molecule has 1 N–H and O–H groups in total. The summed E-state index contributed by atoms with van der Waals surface area (Å²) < 4.78 is 12.3. The number of carbonyl (C=O) groups excluding carboxylic acids is 2. The number of esters is 2. The molecule has 1 aliphatic rings. The standard InChI is InChI=1S/C26H25N3O5S/c1-4-33-24(31)18-11-13-19(14-12-18)27-15-20-23(30)29-22(17-9-7-6-8-10-17)21(25(32)34-5-2)16(3)28-26(29)35-20/h6-15,22,27H,4-5H2,1-3H3/t22-/m1/s1. The molecular formula is C26H25N3O5S. The molecule has 0 unspecified atom stereocenters. The number of nitrogens with zero attached hydrogens (tertiary/aromatic N) is 2. The van der Waals surface area contributed by atoms with E-state index in [1.54, 1.807) is 51.2 Å². The number of allylic oxidation sites excluding steroid dienone is 1. The molecule has 35 heavy (non-hydrogen) atoms. The van der Waals surface area contributed by atoms with Crippen LogP contribution < -0.4 is 20.2 Å². The molecule has 1 aliphatic heterocycles. The molecule has 2 aromatic carbocycles. The Balaban J connectivity index is 1.73. The van der Waals surface area contributed by atoms with Gasteiger partial charge in [-0.3, -0.25) is 9.36 Å². The molecule has 2 heterocycles. The Morgan fingerprint density at radius 1 is 1.03 bits per heavy atom. The highest BCUT2D eigenvalue weighted by Gasteiger charge is 2.33. The second-order valence-electron chi connectivity index (χ2n) is 7.66. The lowest BCUT2D eigenvalue weighted by Gasteiger charge is -2.24. The summed E-state index contributed by atoms with van der Waals surface area (Å²) in [4.78, 5) is 43.2. The fourth-order valence-corrected chi connectivity index (χ4v) is 4.78. The lowest BCUT2D eigenvalue weighted by atomic mass is 9.96. The van der Waals surface area contributed by atoms with Gasteiger partial charge in [-0.25, -0.2) is 14.6 Å². The smallest absolute Gasteiger partial charge is 0.338 e. The Morgan fingerprint density at radius 2 is 1.69 bits per heavy atom. The van der Waals surface area contributed by atoms with Crippen LogP contribution in [0.3, 0.4) is 0 Å². The maximum Gasteiger partial charge on any atom is 0.338 e. The molecule has 8 nitrogen and oxygen atoms in total. The van der Waals surface area contributed by atoms with Gasteiger partial charge in [0.2, 0.25) is 0 Å². The number of hydrogen-bond acceptors (Lipinski definition) is 8. The summed E-state index contributed by atoms with van der Waals surface area (Å²) in [5.74, 6) is -0.877. The molecule has 0 aliphatic carbocycles. The van der Waals surface area contributed by atoms with Crippen LogP contribution in [0.1, 0.15) is 42.7 Å². The lowest BCUT2D eigenvalue weighted by molar-refractivity contribution is -0.139. The maximum absolute atomic E-state index is 13.5. The molecule has 180 valence electrons. The molecule has 0 spiro atoms. The highest BCUT2D eigenvalue weighted by Crippen LogP contribution is 2.30. The van der Waals surface area contributed by atoms with Crippen LogP contribution in [0.5, 0.6) is 0 Å². The van der Waals surface area contributed by atoms with E-state index in [1.807, 2.05) is 30.3 Å². The van der Waals surface area contributed by atoms with Crippen LogP contribution in [-0.2, 0) is 14.3 Å². The Morgan fingerprint density at radius 3 is 2.34 bits per heavy atom. The van der Waals surface area contributed by atoms with Crippen molar-refractivity contribution in [3.05, 3.63) is 96.7 Å². The van der Waals surface area contributed by atoms with Crippen molar-refractivity contribution >= 4 is 35.2 Å². The van der Waals surface area contributed by atoms with Gasteiger partial charge < -0.3 is 14.8 Å². The topological polar surface area (TPSA) is 99.0 Å². The third-order valence-corrected chi connectivity index (χ3v) is 6.38. The molecule has 3 aromatic rings. The van der Waals surface area contributed by atoms with Crippen LogP contribution in [-0.4, -0.2) is 29.7 Å². The van der Waals surface area contributed by atoms with E-state index in [4.69, 9.17) is 9.47 Å². The summed E-state index contributed by atoms with van der Waals surface area (Å²) in [5.41, 5.74) is 2.54. The summed E-state index contributed by atoms with van der Waals surface area (Å²) in [6.07, 6.45) is 1.61. The molecule has 9 heteroatoms. The molecule has 4 rings (SSSR count). The van der Waals surface area contributed by atoms with Gasteiger partial charge in [-0.1, -0.05) is 41.7 Å². The maximum atomic E-state index is 13.5. The molecule has 0 fully saturated rings. The first kappa shape index (κ1) is 24.2. The average Bonchev–Trinajstić information content (AvgIpc) is 3.17. The number of ether oxygens (including phenoxy) is 2. The highest BCUT2D eigenvalue weighted by atomic mass is 32.1. The summed E-state index contributed by atoms with van der Waals surface area (Å²) in [6.45, 7) is 5.78. The van der Waals surface area contributed by atoms with Crippen molar-refractivity contribution in [2.45, 2.75) is 26.8 Å². The Labute approximate surface area is 205 Å². The van der Waals surface area contributed by atoms with Crippen LogP contribution in [0.4, 0.5) is 5.69 Å². The SMILES string of the molecule is CCOC(=O)C1=C(C)N=c2sc(=CNc3ccc(C(=O)OCC)cc3)c(=O)n2[C@@H]1c1ccccc1. The predicted molar refractivity (Wildman–Crippen MR) is 134 cm³/mol. The number of fused-ring (bicyclic) bond motifs is 1. The van der Waals surface area contributed by atoms with Gasteiger partial charge in [-0.2, -0.15) is 0 Å². The summed E-state index contributed by atoms with van der Waals surface area (Å²) >= 11 is 1.23. The summed E-state index contributed by atoms with van der Waals surface area (Å²) in [6, 6.07) is 15.5. The van der Waals surface area contributed by atoms with Crippen molar-refractivity contribution in [1.29, 1.82) is 0 Å². The fourth-order valence-electron chi connectivity index (χ4n) is 3.81. The number of aromatic nitrogens is 1. The third kappa shape index (κ3) is 4.95. The number of thiazole rings is 1. The zero-order chi connectivity index (χ0) is 24.9. The van der Waals surface area contributed by atoms with E-state index in [2.05, 4.69) is 10.3 Å². The molecule has 0 radical (unpaired) electrons. The minimum atomic E-state index is -0.641. The van der Waals surface area contributed by atoms with Gasteiger partial charge in [-0.05, 0) is 50.6 Å². The number of nitrogens with one attached hydrogen (secondary N) is 1. The average molecular weight is 492 g/mol. The van der Waals surface area contributed by atoms with Gasteiger partial charge in [0.1, 0.15) is 4.53 Å². The summed E-state index contributed by atoms with van der Waals surface area (Å²) in [7, 11) is 0. The van der Waals surface area contributed by atoms with Crippen molar-refractivity contribution in [2.24, 2.45) is 4.99 Å². The number of anilines is 1. The van der Waals surface area contributed by atoms with Crippen LogP contribution in [0.15, 0.2) is 75.7 Å². The molecule has 0 bridgehead atoms. The van der Waals surface area contributed by atoms with Gasteiger partial charge in [-0.15, -0.1) is 0 Å². The van der Waals surface area contributed by atoms with Crippen molar-refractivity contribution in [1.82, 2.24) is 4.57 Å². The van der Waals surface area contributed by atoms with Gasteiger partial charge in [0.15, 0.2) is 4.80 Å². The number of benzene rings is 2. The van der Waals surface area contributed by atoms with Gasteiger partial charge in [0, 0.05) is 11.9 Å². The Hall–Kier alpha value is -3.98. The van der Waals surface area contributed by atoms with E-state index in [0.29, 0.717) is 38.5 Å². The van der Waals surface area contributed by atoms with Crippen molar-refractivity contribution < 1.29 is 19.1 Å². The molecular weight excluding hydrogens is 466 g/mol. The quantitative estimate of drug-likeness (QED) is 0.510. The van der Waals surface area contributed by atoms with E-state index in [9.17, 15) is 14.4 Å². The van der Waals surface area contributed by atoms with Crippen molar-refractivity contribution in [3.63, 3.8) is 0 Å². The minimum absolute atomic E-state index is 0.223. The van der Waals surface area contributed by atoms with E-state index in [-0.39, 0.29) is 18.1 Å². The Kier molecular flexibility index (Phi) is 7.26. The largest absolute Gasteiger partial charge is 0.463 e. The van der Waals surface area contributed by atoms with Crippen LogP contribution in [0.2, 0.25) is 0 Å². The second-order valence-corrected chi connectivity index (χ2v) is 8.66. The molecule has 0 amide bonds. The van der Waals surface area contributed by atoms with Gasteiger partial charge in [0.05, 0.1) is 36.1 Å². The van der Waals surface area contributed by atoms with Crippen LogP contribution in [0, 0.1) is 0 Å². The first-order valence-corrected chi connectivity index (χ1v) is 12.0. The zero-order valence-electron chi connectivity index (χ0n) is 19.6. The number of hydrogen-bond donors (Lipinski definition) is 1. The predicted octanol–water partition coefficient (Wildman–Crippen LogP) is 3.00. The number of rotatable bonds is 7. The van der Waals surface area contributed by atoms with Gasteiger partial charge >= 0.3 is 11.9 Å². The Bertz CT molecular complexity index is 1450. The first-order valence-electron chi connectivity index (χ1n) is 11.2. The van der Waals surface area contributed by atoms with Gasteiger partial charge in [0.25, 0.3) is 5.56 Å². The summed E-state index contributed by atoms with van der Waals surface area (Å²) in [5, 5.41) is 3.10.